The quantitative estimate of drug-likeness (QED) is 0.524. The van der Waals surface area contributed by atoms with Crippen LogP contribution >= 0.6 is 12.4 Å². The smallest absolute Gasteiger partial charge is 0.314 e. The van der Waals surface area contributed by atoms with Gasteiger partial charge in [0.15, 0.2) is 0 Å². The van der Waals surface area contributed by atoms with Crippen molar-refractivity contribution in [2.75, 3.05) is 13.7 Å². The van der Waals surface area contributed by atoms with Gasteiger partial charge in [-0.15, -0.1) is 12.4 Å². The molecule has 6 nitrogen and oxygen atoms in total. The zero-order valence-corrected chi connectivity index (χ0v) is 12.6. The highest BCUT2D eigenvalue weighted by Gasteiger charge is 2.31. The van der Waals surface area contributed by atoms with Crippen LogP contribution in [0.3, 0.4) is 0 Å². The van der Waals surface area contributed by atoms with Gasteiger partial charge in [0.2, 0.25) is 0 Å². The van der Waals surface area contributed by atoms with E-state index in [1.807, 2.05) is 0 Å². The Kier molecular flexibility index (Phi) is 6.58. The van der Waals surface area contributed by atoms with E-state index in [2.05, 4.69) is 5.32 Å². The third-order valence-corrected chi connectivity index (χ3v) is 3.67. The van der Waals surface area contributed by atoms with E-state index in [0.717, 1.165) is 31.4 Å². The van der Waals surface area contributed by atoms with Gasteiger partial charge in [-0.3, -0.25) is 14.9 Å². The zero-order valence-electron chi connectivity index (χ0n) is 11.8. The van der Waals surface area contributed by atoms with Gasteiger partial charge in [-0.1, -0.05) is 18.6 Å². The predicted molar refractivity (Wildman–Crippen MR) is 80.7 cm³/mol. The standard InChI is InChI=1S/C14H18N2O4.ClH/c1-20-14(17)13(12-4-2-3-9-15-12)10-5-7-11(8-6-10)16(18)19;/h5-8,12-13,15H,2-4,9H2,1H3;1H/t12-,13-;/m0./s1. The molecule has 0 spiro atoms. The Morgan fingerprint density at radius 2 is 2.05 bits per heavy atom. The number of nitro groups is 1. The van der Waals surface area contributed by atoms with Crippen LogP contribution in [0.25, 0.3) is 0 Å². The van der Waals surface area contributed by atoms with E-state index >= 15 is 0 Å². The maximum absolute atomic E-state index is 12.0. The molecule has 2 atom stereocenters. The SMILES string of the molecule is COC(=O)[C@@H](c1ccc([N+](=O)[O-])cc1)[C@@H]1CCCCN1.Cl. The van der Waals surface area contributed by atoms with Gasteiger partial charge in [-0.05, 0) is 24.9 Å². The first-order valence-corrected chi connectivity index (χ1v) is 6.69. The number of piperidine rings is 1. The van der Waals surface area contributed by atoms with Crippen LogP contribution in [0.5, 0.6) is 0 Å². The van der Waals surface area contributed by atoms with Crippen molar-refractivity contribution in [3.8, 4) is 0 Å². The first-order valence-electron chi connectivity index (χ1n) is 6.69. The number of nitrogens with zero attached hydrogens (tertiary/aromatic N) is 1. The number of halogens is 1. The Morgan fingerprint density at radius 1 is 1.38 bits per heavy atom. The topological polar surface area (TPSA) is 81.5 Å². The van der Waals surface area contributed by atoms with Crippen molar-refractivity contribution in [2.45, 2.75) is 31.2 Å². The minimum atomic E-state index is -0.449. The number of ether oxygens (including phenoxy) is 1. The van der Waals surface area contributed by atoms with Crippen LogP contribution in [0, 0.1) is 10.1 Å². The number of nitrogens with one attached hydrogen (secondary N) is 1. The Balaban J connectivity index is 0.00000220. The third kappa shape index (κ3) is 4.15. The fourth-order valence-corrected chi connectivity index (χ4v) is 2.63. The molecule has 0 amide bonds. The first-order chi connectivity index (χ1) is 9.63. The average Bonchev–Trinajstić information content (AvgIpc) is 2.49. The number of non-ortho nitro benzene ring substituents is 1. The summed E-state index contributed by atoms with van der Waals surface area (Å²) < 4.78 is 4.88. The molecule has 21 heavy (non-hydrogen) atoms. The molecule has 0 radical (unpaired) electrons. The number of carbonyl (C=O) groups excluding carboxylic acids is 1. The van der Waals surface area contributed by atoms with Gasteiger partial charge in [0, 0.05) is 18.2 Å². The fraction of sp³-hybridized carbons (Fsp3) is 0.500. The van der Waals surface area contributed by atoms with Crippen LogP contribution in [0.15, 0.2) is 24.3 Å². The molecule has 1 heterocycles. The number of nitro benzene ring substituents is 1. The van der Waals surface area contributed by atoms with Crippen molar-refractivity contribution in [1.29, 1.82) is 0 Å². The lowest BCUT2D eigenvalue weighted by Crippen LogP contribution is -2.42. The fourth-order valence-electron chi connectivity index (χ4n) is 2.63. The van der Waals surface area contributed by atoms with Gasteiger partial charge in [-0.2, -0.15) is 0 Å². The number of rotatable bonds is 4. The second-order valence-electron chi connectivity index (χ2n) is 4.91. The molecule has 0 bridgehead atoms. The first kappa shape index (κ1) is 17.4. The maximum Gasteiger partial charge on any atom is 0.314 e. The molecule has 1 aliphatic heterocycles. The average molecular weight is 315 g/mol. The largest absolute Gasteiger partial charge is 0.469 e. The van der Waals surface area contributed by atoms with E-state index in [0.29, 0.717) is 0 Å². The number of esters is 1. The lowest BCUT2D eigenvalue weighted by atomic mass is 9.86. The van der Waals surface area contributed by atoms with Gasteiger partial charge in [0.1, 0.15) is 0 Å². The van der Waals surface area contributed by atoms with Gasteiger partial charge in [0.25, 0.3) is 5.69 Å². The highest BCUT2D eigenvalue weighted by Crippen LogP contribution is 2.28. The summed E-state index contributed by atoms with van der Waals surface area (Å²) in [7, 11) is 1.36. The molecular weight excluding hydrogens is 296 g/mol. The highest BCUT2D eigenvalue weighted by atomic mass is 35.5. The van der Waals surface area contributed by atoms with Crippen LogP contribution in [0.4, 0.5) is 5.69 Å². The summed E-state index contributed by atoms with van der Waals surface area (Å²) >= 11 is 0. The van der Waals surface area contributed by atoms with Crippen molar-refractivity contribution >= 4 is 24.1 Å². The second-order valence-corrected chi connectivity index (χ2v) is 4.91. The lowest BCUT2D eigenvalue weighted by Gasteiger charge is -2.29. The number of hydrogen-bond acceptors (Lipinski definition) is 5. The molecule has 1 aromatic rings. The van der Waals surface area contributed by atoms with Crippen molar-refractivity contribution in [1.82, 2.24) is 5.32 Å². The molecule has 1 aliphatic rings. The molecule has 1 fully saturated rings. The van der Waals surface area contributed by atoms with Crippen LogP contribution in [0.1, 0.15) is 30.7 Å². The summed E-state index contributed by atoms with van der Waals surface area (Å²) in [4.78, 5) is 22.3. The zero-order chi connectivity index (χ0) is 14.5. The summed E-state index contributed by atoms with van der Waals surface area (Å²) in [6.07, 6.45) is 3.07. The van der Waals surface area contributed by atoms with Crippen molar-refractivity contribution in [2.24, 2.45) is 0 Å². The number of benzene rings is 1. The third-order valence-electron chi connectivity index (χ3n) is 3.67. The molecule has 1 aromatic carbocycles. The molecule has 0 unspecified atom stereocenters. The van der Waals surface area contributed by atoms with Crippen LogP contribution in [-0.4, -0.2) is 30.6 Å². The molecule has 1 N–H and O–H groups in total. The summed E-state index contributed by atoms with van der Waals surface area (Å²) in [5, 5.41) is 14.0. The molecule has 0 aliphatic carbocycles. The Bertz CT molecular complexity index is 486. The number of carbonyl (C=O) groups is 1. The Hall–Kier alpha value is -1.66. The minimum Gasteiger partial charge on any atom is -0.469 e. The van der Waals surface area contributed by atoms with E-state index in [4.69, 9.17) is 4.74 Å². The van der Waals surface area contributed by atoms with E-state index < -0.39 is 10.8 Å². The van der Waals surface area contributed by atoms with E-state index in [9.17, 15) is 14.9 Å². The Labute approximate surface area is 129 Å². The van der Waals surface area contributed by atoms with Crippen LogP contribution < -0.4 is 5.32 Å². The lowest BCUT2D eigenvalue weighted by molar-refractivity contribution is -0.384. The molecule has 116 valence electrons. The highest BCUT2D eigenvalue weighted by molar-refractivity contribution is 5.85. The molecular formula is C14H19ClN2O4. The molecule has 0 saturated carbocycles. The monoisotopic (exact) mass is 314 g/mol. The molecule has 7 heteroatoms. The Morgan fingerprint density at radius 3 is 2.52 bits per heavy atom. The van der Waals surface area contributed by atoms with Gasteiger partial charge in [0.05, 0.1) is 18.0 Å². The van der Waals surface area contributed by atoms with Crippen LogP contribution in [-0.2, 0) is 9.53 Å². The summed E-state index contributed by atoms with van der Waals surface area (Å²) in [6.45, 7) is 0.880. The number of methoxy groups -OCH3 is 1. The van der Waals surface area contributed by atoms with Crippen molar-refractivity contribution in [3.05, 3.63) is 39.9 Å². The normalized spacial score (nSPS) is 19.2. The summed E-state index contributed by atoms with van der Waals surface area (Å²) in [6, 6.07) is 6.14. The predicted octanol–water partition coefficient (Wildman–Crippen LogP) is 2.42. The minimum absolute atomic E-state index is 0. The van der Waals surface area contributed by atoms with Crippen LogP contribution in [0.2, 0.25) is 0 Å². The second kappa shape index (κ2) is 7.95. The van der Waals surface area contributed by atoms with Crippen molar-refractivity contribution < 1.29 is 14.5 Å². The van der Waals surface area contributed by atoms with Gasteiger partial charge < -0.3 is 10.1 Å². The number of hydrogen-bond donors (Lipinski definition) is 1. The molecule has 0 aromatic heterocycles. The van der Waals surface area contributed by atoms with E-state index in [1.165, 1.54) is 19.2 Å². The van der Waals surface area contributed by atoms with E-state index in [1.54, 1.807) is 12.1 Å². The van der Waals surface area contributed by atoms with Gasteiger partial charge >= 0.3 is 5.97 Å². The molecule has 1 saturated heterocycles. The van der Waals surface area contributed by atoms with Crippen molar-refractivity contribution in [3.63, 3.8) is 0 Å². The van der Waals surface area contributed by atoms with Gasteiger partial charge in [-0.25, -0.2) is 0 Å². The van der Waals surface area contributed by atoms with E-state index in [-0.39, 0.29) is 30.1 Å². The maximum atomic E-state index is 12.0. The summed E-state index contributed by atoms with van der Waals surface area (Å²) in [5.41, 5.74) is 0.774. The molecule has 2 rings (SSSR count). The summed E-state index contributed by atoms with van der Waals surface area (Å²) in [5.74, 6) is -0.723.